The fourth-order valence-electron chi connectivity index (χ4n) is 3.01. The van der Waals surface area contributed by atoms with E-state index in [1.807, 2.05) is 35.4 Å². The molecule has 0 radical (unpaired) electrons. The Kier molecular flexibility index (Phi) is 4.44. The molecule has 1 aliphatic heterocycles. The standard InChI is InChI=1S/C18H19ClN2O/c1-13(22)21-10-4-5-15(12-21)18-9-8-14(11-20-18)16-6-2-3-7-17(16)19/h2-3,6-9,11,15H,4-5,10,12H2,1H3/t15-/m1/s1. The Morgan fingerprint density at radius 2 is 2.09 bits per heavy atom. The highest BCUT2D eigenvalue weighted by Gasteiger charge is 2.23. The Bertz CT molecular complexity index is 669. The maximum absolute atomic E-state index is 11.5. The lowest BCUT2D eigenvalue weighted by molar-refractivity contribution is -0.130. The van der Waals surface area contributed by atoms with Gasteiger partial charge in [-0.15, -0.1) is 0 Å². The average Bonchev–Trinajstić information content (AvgIpc) is 2.56. The van der Waals surface area contributed by atoms with Crippen molar-refractivity contribution in [3.05, 3.63) is 53.3 Å². The Labute approximate surface area is 135 Å². The van der Waals surface area contributed by atoms with Crippen LogP contribution in [0.4, 0.5) is 0 Å². The van der Waals surface area contributed by atoms with Crippen molar-refractivity contribution < 1.29 is 4.79 Å². The SMILES string of the molecule is CC(=O)N1CCC[C@@H](c2ccc(-c3ccccc3Cl)cn2)C1. The van der Waals surface area contributed by atoms with Gasteiger partial charge >= 0.3 is 0 Å². The van der Waals surface area contributed by atoms with Crippen LogP contribution in [0.2, 0.25) is 5.02 Å². The summed E-state index contributed by atoms with van der Waals surface area (Å²) in [6, 6.07) is 11.9. The maximum Gasteiger partial charge on any atom is 0.219 e. The highest BCUT2D eigenvalue weighted by atomic mass is 35.5. The minimum absolute atomic E-state index is 0.150. The molecule has 1 atom stereocenters. The molecular weight excluding hydrogens is 296 g/mol. The van der Waals surface area contributed by atoms with Gasteiger partial charge in [0, 0.05) is 54.0 Å². The summed E-state index contributed by atoms with van der Waals surface area (Å²) in [5, 5.41) is 0.734. The summed E-state index contributed by atoms with van der Waals surface area (Å²) in [7, 11) is 0. The van der Waals surface area contributed by atoms with Crippen LogP contribution in [0.5, 0.6) is 0 Å². The third-order valence-corrected chi connectivity index (χ3v) is 4.59. The first-order chi connectivity index (χ1) is 10.6. The first-order valence-electron chi connectivity index (χ1n) is 7.61. The number of carbonyl (C=O) groups excluding carboxylic acids is 1. The first-order valence-corrected chi connectivity index (χ1v) is 7.99. The number of hydrogen-bond acceptors (Lipinski definition) is 2. The number of pyridine rings is 1. The number of carbonyl (C=O) groups is 1. The first kappa shape index (κ1) is 15.0. The van der Waals surface area contributed by atoms with Crippen LogP contribution in [-0.2, 0) is 4.79 Å². The predicted molar refractivity (Wildman–Crippen MR) is 88.9 cm³/mol. The molecule has 0 spiro atoms. The molecule has 22 heavy (non-hydrogen) atoms. The quantitative estimate of drug-likeness (QED) is 0.835. The second kappa shape index (κ2) is 6.49. The van der Waals surface area contributed by atoms with E-state index in [9.17, 15) is 4.79 Å². The topological polar surface area (TPSA) is 33.2 Å². The van der Waals surface area contributed by atoms with Gasteiger partial charge in [-0.1, -0.05) is 35.9 Å². The highest BCUT2D eigenvalue weighted by Crippen LogP contribution is 2.30. The van der Waals surface area contributed by atoms with Crippen molar-refractivity contribution in [3.63, 3.8) is 0 Å². The molecule has 4 heteroatoms. The largest absolute Gasteiger partial charge is 0.342 e. The average molecular weight is 315 g/mol. The number of nitrogens with zero attached hydrogens (tertiary/aromatic N) is 2. The van der Waals surface area contributed by atoms with Crippen LogP contribution < -0.4 is 0 Å². The van der Waals surface area contributed by atoms with E-state index in [1.165, 1.54) is 0 Å². The van der Waals surface area contributed by atoms with E-state index < -0.39 is 0 Å². The van der Waals surface area contributed by atoms with Gasteiger partial charge in [-0.25, -0.2) is 0 Å². The molecule has 1 aliphatic rings. The second-order valence-electron chi connectivity index (χ2n) is 5.76. The molecule has 0 bridgehead atoms. The molecule has 1 fully saturated rings. The minimum Gasteiger partial charge on any atom is -0.342 e. The molecule has 1 saturated heterocycles. The molecule has 0 unspecified atom stereocenters. The zero-order valence-electron chi connectivity index (χ0n) is 12.6. The Balaban J connectivity index is 1.80. The van der Waals surface area contributed by atoms with Crippen molar-refractivity contribution in [1.82, 2.24) is 9.88 Å². The molecule has 114 valence electrons. The lowest BCUT2D eigenvalue weighted by Crippen LogP contribution is -2.37. The second-order valence-corrected chi connectivity index (χ2v) is 6.16. The van der Waals surface area contributed by atoms with E-state index in [0.717, 1.165) is 47.8 Å². The van der Waals surface area contributed by atoms with Gasteiger partial charge < -0.3 is 4.90 Å². The molecule has 0 saturated carbocycles. The fourth-order valence-corrected chi connectivity index (χ4v) is 3.25. The Hall–Kier alpha value is -1.87. The molecule has 3 rings (SSSR count). The van der Waals surface area contributed by atoms with Crippen molar-refractivity contribution in [3.8, 4) is 11.1 Å². The van der Waals surface area contributed by atoms with Crippen LogP contribution in [0, 0.1) is 0 Å². The van der Waals surface area contributed by atoms with Gasteiger partial charge in [0.1, 0.15) is 0 Å². The van der Waals surface area contributed by atoms with Crippen molar-refractivity contribution >= 4 is 17.5 Å². The number of piperidine rings is 1. The number of halogens is 1. The van der Waals surface area contributed by atoms with Gasteiger partial charge in [0.2, 0.25) is 5.91 Å². The van der Waals surface area contributed by atoms with Crippen LogP contribution in [0.15, 0.2) is 42.6 Å². The summed E-state index contributed by atoms with van der Waals surface area (Å²) in [6.07, 6.45) is 4.00. The van der Waals surface area contributed by atoms with E-state index in [0.29, 0.717) is 5.92 Å². The maximum atomic E-state index is 11.5. The third-order valence-electron chi connectivity index (χ3n) is 4.26. The van der Waals surface area contributed by atoms with Gasteiger partial charge in [-0.3, -0.25) is 9.78 Å². The number of aromatic nitrogens is 1. The van der Waals surface area contributed by atoms with Crippen molar-refractivity contribution in [2.24, 2.45) is 0 Å². The molecule has 2 aromatic rings. The number of amides is 1. The van der Waals surface area contributed by atoms with Gasteiger partial charge in [0.05, 0.1) is 0 Å². The summed E-state index contributed by atoms with van der Waals surface area (Å²) >= 11 is 6.23. The number of rotatable bonds is 2. The van der Waals surface area contributed by atoms with Crippen molar-refractivity contribution in [2.45, 2.75) is 25.7 Å². The van der Waals surface area contributed by atoms with E-state index in [4.69, 9.17) is 11.6 Å². The van der Waals surface area contributed by atoms with Gasteiger partial charge in [-0.2, -0.15) is 0 Å². The number of likely N-dealkylation sites (tertiary alicyclic amines) is 1. The molecule has 1 amide bonds. The summed E-state index contributed by atoms with van der Waals surface area (Å²) in [4.78, 5) is 18.1. The zero-order chi connectivity index (χ0) is 15.5. The summed E-state index contributed by atoms with van der Waals surface area (Å²) in [5.41, 5.74) is 3.08. The van der Waals surface area contributed by atoms with Crippen LogP contribution in [0.3, 0.4) is 0 Å². The van der Waals surface area contributed by atoms with E-state index in [1.54, 1.807) is 6.92 Å². The molecule has 3 nitrogen and oxygen atoms in total. The lowest BCUT2D eigenvalue weighted by atomic mass is 9.93. The third kappa shape index (κ3) is 3.14. The Morgan fingerprint density at radius 1 is 1.27 bits per heavy atom. The summed E-state index contributed by atoms with van der Waals surface area (Å²) in [5.74, 6) is 0.482. The number of benzene rings is 1. The van der Waals surface area contributed by atoms with E-state index >= 15 is 0 Å². The molecule has 0 aliphatic carbocycles. The smallest absolute Gasteiger partial charge is 0.219 e. The van der Waals surface area contributed by atoms with Gasteiger partial charge in [0.15, 0.2) is 0 Å². The van der Waals surface area contributed by atoms with E-state index in [2.05, 4.69) is 17.1 Å². The minimum atomic E-state index is 0.150. The van der Waals surface area contributed by atoms with Gasteiger partial charge in [0.25, 0.3) is 0 Å². The Morgan fingerprint density at radius 3 is 2.77 bits per heavy atom. The molecule has 1 aromatic heterocycles. The van der Waals surface area contributed by atoms with Crippen LogP contribution in [0.25, 0.3) is 11.1 Å². The van der Waals surface area contributed by atoms with Crippen molar-refractivity contribution in [2.75, 3.05) is 13.1 Å². The zero-order valence-corrected chi connectivity index (χ0v) is 13.4. The van der Waals surface area contributed by atoms with Crippen LogP contribution >= 0.6 is 11.6 Å². The summed E-state index contributed by atoms with van der Waals surface area (Å²) in [6.45, 7) is 3.27. The van der Waals surface area contributed by atoms with Crippen molar-refractivity contribution in [1.29, 1.82) is 0 Å². The summed E-state index contributed by atoms with van der Waals surface area (Å²) < 4.78 is 0. The lowest BCUT2D eigenvalue weighted by Gasteiger charge is -2.31. The normalized spacial score (nSPS) is 18.3. The fraction of sp³-hybridized carbons (Fsp3) is 0.333. The van der Waals surface area contributed by atoms with E-state index in [-0.39, 0.29) is 5.91 Å². The van der Waals surface area contributed by atoms with Crippen LogP contribution in [-0.4, -0.2) is 28.9 Å². The van der Waals surface area contributed by atoms with Crippen LogP contribution in [0.1, 0.15) is 31.4 Å². The molecule has 1 aromatic carbocycles. The van der Waals surface area contributed by atoms with Gasteiger partial charge in [-0.05, 0) is 25.0 Å². The predicted octanol–water partition coefficient (Wildman–Crippen LogP) is 4.13. The molecule has 0 N–H and O–H groups in total. The highest BCUT2D eigenvalue weighted by molar-refractivity contribution is 6.33. The number of hydrogen-bond donors (Lipinski definition) is 0. The molecule has 2 heterocycles. The molecular formula is C18H19ClN2O. The monoisotopic (exact) mass is 314 g/mol.